The molecule has 1 unspecified atom stereocenters. The van der Waals surface area contributed by atoms with Gasteiger partial charge in [0.1, 0.15) is 0 Å². The Bertz CT molecular complexity index is 751. The Morgan fingerprint density at radius 1 is 1.50 bits per heavy atom. The molecule has 1 aliphatic heterocycles. The number of fused-ring (bicyclic) bond motifs is 1. The van der Waals surface area contributed by atoms with E-state index in [1.54, 1.807) is 24.4 Å². The van der Waals surface area contributed by atoms with Crippen molar-refractivity contribution in [2.24, 2.45) is 0 Å². The highest BCUT2D eigenvalue weighted by atomic mass is 16.5. The Balaban J connectivity index is 1.84. The number of carbonyl (C=O) groups is 1. The number of rotatable bonds is 4. The lowest BCUT2D eigenvalue weighted by atomic mass is 9.81. The molecule has 7 heteroatoms. The fraction of sp³-hybridized carbons (Fsp3) is 0.353. The second-order valence-corrected chi connectivity index (χ2v) is 6.02. The Morgan fingerprint density at radius 2 is 2.33 bits per heavy atom. The summed E-state index contributed by atoms with van der Waals surface area (Å²) < 4.78 is 5.17. The summed E-state index contributed by atoms with van der Waals surface area (Å²) in [6.07, 6.45) is 2.57. The lowest BCUT2D eigenvalue weighted by molar-refractivity contribution is -0.117. The van der Waals surface area contributed by atoms with Crippen LogP contribution in [-0.2, 0) is 16.8 Å². The van der Waals surface area contributed by atoms with Gasteiger partial charge < -0.3 is 20.5 Å². The van der Waals surface area contributed by atoms with E-state index in [0.29, 0.717) is 11.6 Å². The van der Waals surface area contributed by atoms with Gasteiger partial charge in [0.2, 0.25) is 5.91 Å². The zero-order valence-corrected chi connectivity index (χ0v) is 13.7. The normalized spacial score (nSPS) is 19.4. The quantitative estimate of drug-likeness (QED) is 0.788. The van der Waals surface area contributed by atoms with Crippen LogP contribution in [0.1, 0.15) is 24.5 Å². The zero-order chi connectivity index (χ0) is 17.2. The van der Waals surface area contributed by atoms with Crippen molar-refractivity contribution in [3.63, 3.8) is 0 Å². The van der Waals surface area contributed by atoms with Gasteiger partial charge in [-0.3, -0.25) is 4.79 Å². The van der Waals surface area contributed by atoms with Crippen LogP contribution in [0.15, 0.2) is 30.5 Å². The van der Waals surface area contributed by atoms with Gasteiger partial charge in [0.15, 0.2) is 17.3 Å². The summed E-state index contributed by atoms with van der Waals surface area (Å²) in [7, 11) is 1.52. The standard InChI is InChI=1S/C17H20N4O3/c1-17(10-16(23)20-15-4-3-6-19-21-15)12-9-13(22)14(24-2)8-11(12)5-7-18-17/h3-4,6,8-9,18,22H,5,7,10H2,1-2H3,(H,20,21,23). The third kappa shape index (κ3) is 3.16. The Hall–Kier alpha value is -2.67. The van der Waals surface area contributed by atoms with Gasteiger partial charge in [-0.1, -0.05) is 0 Å². The summed E-state index contributed by atoms with van der Waals surface area (Å²) in [5.74, 6) is 0.760. The van der Waals surface area contributed by atoms with Gasteiger partial charge in [0, 0.05) is 24.7 Å². The summed E-state index contributed by atoms with van der Waals surface area (Å²) >= 11 is 0. The van der Waals surface area contributed by atoms with Gasteiger partial charge >= 0.3 is 0 Å². The highest BCUT2D eigenvalue weighted by Gasteiger charge is 2.35. The van der Waals surface area contributed by atoms with Crippen molar-refractivity contribution < 1.29 is 14.6 Å². The molecular weight excluding hydrogens is 308 g/mol. The number of hydrogen-bond donors (Lipinski definition) is 3. The number of hydrogen-bond acceptors (Lipinski definition) is 6. The first kappa shape index (κ1) is 16.2. The number of carbonyl (C=O) groups excluding carboxylic acids is 1. The van der Waals surface area contributed by atoms with E-state index in [1.165, 1.54) is 7.11 Å². The average Bonchev–Trinajstić information content (AvgIpc) is 2.56. The zero-order valence-electron chi connectivity index (χ0n) is 13.7. The Labute approximate surface area is 140 Å². The fourth-order valence-electron chi connectivity index (χ4n) is 3.10. The number of nitrogens with one attached hydrogen (secondary N) is 2. The molecular formula is C17H20N4O3. The molecule has 1 aromatic carbocycles. The molecule has 0 radical (unpaired) electrons. The second-order valence-electron chi connectivity index (χ2n) is 6.02. The van der Waals surface area contributed by atoms with Crippen LogP contribution in [0.25, 0.3) is 0 Å². The van der Waals surface area contributed by atoms with E-state index in [4.69, 9.17) is 4.74 Å². The monoisotopic (exact) mass is 328 g/mol. The highest BCUT2D eigenvalue weighted by Crippen LogP contribution is 2.38. The average molecular weight is 328 g/mol. The van der Waals surface area contributed by atoms with Crippen LogP contribution in [0.3, 0.4) is 0 Å². The minimum atomic E-state index is -0.580. The van der Waals surface area contributed by atoms with Crippen LogP contribution in [0.4, 0.5) is 5.82 Å². The molecule has 2 aromatic rings. The SMILES string of the molecule is COc1cc2c(cc1O)C(C)(CC(=O)Nc1cccnn1)NCC2. The van der Waals surface area contributed by atoms with Crippen LogP contribution >= 0.6 is 0 Å². The minimum Gasteiger partial charge on any atom is -0.504 e. The first-order valence-electron chi connectivity index (χ1n) is 7.75. The minimum absolute atomic E-state index is 0.0699. The second kappa shape index (κ2) is 6.45. The summed E-state index contributed by atoms with van der Waals surface area (Å²) in [6, 6.07) is 6.91. The number of ether oxygens (including phenoxy) is 1. The number of aromatic nitrogens is 2. The lowest BCUT2D eigenvalue weighted by Crippen LogP contribution is -2.47. The van der Waals surface area contributed by atoms with E-state index in [0.717, 1.165) is 24.1 Å². The number of benzene rings is 1. The smallest absolute Gasteiger partial charge is 0.227 e. The van der Waals surface area contributed by atoms with Crippen LogP contribution in [0.5, 0.6) is 11.5 Å². The van der Waals surface area contributed by atoms with Gasteiger partial charge in [-0.25, -0.2) is 0 Å². The van der Waals surface area contributed by atoms with Crippen LogP contribution in [0, 0.1) is 0 Å². The number of phenols is 1. The molecule has 0 spiro atoms. The first-order chi connectivity index (χ1) is 11.5. The van der Waals surface area contributed by atoms with Crippen molar-refractivity contribution in [3.05, 3.63) is 41.6 Å². The summed E-state index contributed by atoms with van der Waals surface area (Å²) in [5.41, 5.74) is 1.39. The highest BCUT2D eigenvalue weighted by molar-refractivity contribution is 5.90. The number of anilines is 1. The molecule has 1 amide bonds. The predicted octanol–water partition coefficient (Wildman–Crippen LogP) is 1.58. The molecule has 3 N–H and O–H groups in total. The molecule has 0 bridgehead atoms. The molecule has 0 aliphatic carbocycles. The lowest BCUT2D eigenvalue weighted by Gasteiger charge is -2.37. The maximum Gasteiger partial charge on any atom is 0.227 e. The third-order valence-electron chi connectivity index (χ3n) is 4.26. The number of aromatic hydroxyl groups is 1. The van der Waals surface area contributed by atoms with Crippen LogP contribution in [-0.4, -0.2) is 34.9 Å². The van der Waals surface area contributed by atoms with Crippen molar-refractivity contribution in [3.8, 4) is 11.5 Å². The van der Waals surface area contributed by atoms with Gasteiger partial charge in [-0.2, -0.15) is 5.10 Å². The van der Waals surface area contributed by atoms with E-state index >= 15 is 0 Å². The van der Waals surface area contributed by atoms with Gasteiger partial charge in [-0.05, 0) is 48.7 Å². The number of amides is 1. The Kier molecular flexibility index (Phi) is 4.35. The van der Waals surface area contributed by atoms with Crippen molar-refractivity contribution in [1.82, 2.24) is 15.5 Å². The van der Waals surface area contributed by atoms with Gasteiger partial charge in [0.05, 0.1) is 7.11 Å². The summed E-state index contributed by atoms with van der Waals surface area (Å²) in [6.45, 7) is 2.70. The molecule has 24 heavy (non-hydrogen) atoms. The fourth-order valence-corrected chi connectivity index (χ4v) is 3.10. The largest absolute Gasteiger partial charge is 0.504 e. The first-order valence-corrected chi connectivity index (χ1v) is 7.75. The topological polar surface area (TPSA) is 96.4 Å². The molecule has 1 aliphatic rings. The summed E-state index contributed by atoms with van der Waals surface area (Å²) in [4.78, 5) is 12.4. The van der Waals surface area contributed by atoms with Crippen molar-refractivity contribution in [1.29, 1.82) is 0 Å². The molecule has 0 saturated carbocycles. The molecule has 3 rings (SSSR count). The van der Waals surface area contributed by atoms with Crippen LogP contribution < -0.4 is 15.4 Å². The van der Waals surface area contributed by atoms with Gasteiger partial charge in [-0.15, -0.1) is 5.10 Å². The van der Waals surface area contributed by atoms with E-state index in [-0.39, 0.29) is 18.1 Å². The van der Waals surface area contributed by atoms with E-state index in [2.05, 4.69) is 20.8 Å². The molecule has 7 nitrogen and oxygen atoms in total. The molecule has 126 valence electrons. The third-order valence-corrected chi connectivity index (χ3v) is 4.26. The molecule has 1 aromatic heterocycles. The summed E-state index contributed by atoms with van der Waals surface area (Å²) in [5, 5.41) is 23.8. The maximum atomic E-state index is 12.4. The Morgan fingerprint density at radius 3 is 3.04 bits per heavy atom. The number of methoxy groups -OCH3 is 1. The predicted molar refractivity (Wildman–Crippen MR) is 89.0 cm³/mol. The van der Waals surface area contributed by atoms with Crippen molar-refractivity contribution in [2.45, 2.75) is 25.3 Å². The van der Waals surface area contributed by atoms with Gasteiger partial charge in [0.25, 0.3) is 0 Å². The molecule has 1 atom stereocenters. The molecule has 0 saturated heterocycles. The molecule has 0 fully saturated rings. The van der Waals surface area contributed by atoms with E-state index in [9.17, 15) is 9.90 Å². The van der Waals surface area contributed by atoms with Crippen molar-refractivity contribution >= 4 is 11.7 Å². The van der Waals surface area contributed by atoms with E-state index < -0.39 is 5.54 Å². The van der Waals surface area contributed by atoms with Crippen molar-refractivity contribution in [2.75, 3.05) is 19.0 Å². The number of nitrogens with zero attached hydrogens (tertiary/aromatic N) is 2. The maximum absolute atomic E-state index is 12.4. The van der Waals surface area contributed by atoms with E-state index in [1.807, 2.05) is 13.0 Å². The number of phenolic OH excluding ortho intramolecular Hbond substituents is 1. The molecule has 2 heterocycles. The van der Waals surface area contributed by atoms with Crippen LogP contribution in [0.2, 0.25) is 0 Å².